The van der Waals surface area contributed by atoms with Crippen molar-refractivity contribution < 1.29 is 44.3 Å². The lowest BCUT2D eigenvalue weighted by Crippen LogP contribution is -2.58. The summed E-state index contributed by atoms with van der Waals surface area (Å²) < 4.78 is 146. The van der Waals surface area contributed by atoms with Gasteiger partial charge in [0.2, 0.25) is 0 Å². The first-order valence-corrected chi connectivity index (χ1v) is 15.8. The molecule has 0 bridgehead atoms. The molecule has 8 rings (SSSR count). The molecule has 11 heteroatoms. The average Bonchev–Trinajstić information content (AvgIpc) is 3.11. The molecule has 0 spiro atoms. The molecule has 1 nitrogen and oxygen atoms in total. The zero-order valence-electron chi connectivity index (χ0n) is 26.9. The zero-order valence-corrected chi connectivity index (χ0v) is 26.9. The van der Waals surface area contributed by atoms with Gasteiger partial charge < -0.3 is 4.74 Å². The third-order valence-corrected chi connectivity index (χ3v) is 9.57. The molecule has 0 fully saturated rings. The van der Waals surface area contributed by atoms with Gasteiger partial charge >= 0.3 is 0 Å². The lowest BCUT2D eigenvalue weighted by Gasteiger charge is -2.26. The van der Waals surface area contributed by atoms with Gasteiger partial charge in [-0.1, -0.05) is 86.9 Å². The van der Waals surface area contributed by atoms with Crippen LogP contribution in [0, 0.1) is 52.4 Å². The van der Waals surface area contributed by atoms with Crippen molar-refractivity contribution >= 4 is 55.4 Å². The van der Waals surface area contributed by atoms with Crippen LogP contribution in [0.3, 0.4) is 0 Å². The molecule has 0 saturated carbocycles. The minimum atomic E-state index is -2.58. The van der Waals surface area contributed by atoms with Crippen LogP contribution in [0.5, 0.6) is 11.5 Å². The molecule has 254 valence electrons. The largest absolute Gasteiger partial charge is 0.456 e. The van der Waals surface area contributed by atoms with Gasteiger partial charge in [-0.3, -0.25) is 0 Å². The highest BCUT2D eigenvalue weighted by molar-refractivity contribution is 6.97. The Balaban J connectivity index is 1.58. The fraction of sp³-hybridized carbons (Fsp3) is 0.100. The molecule has 0 aliphatic carbocycles. The van der Waals surface area contributed by atoms with Gasteiger partial charge in [-0.05, 0) is 56.1 Å². The molecule has 0 unspecified atom stereocenters. The molecule has 1 heterocycles. The van der Waals surface area contributed by atoms with Crippen LogP contribution in [-0.2, 0) is 5.41 Å². The van der Waals surface area contributed by atoms with Crippen LogP contribution in [0.4, 0.5) is 39.5 Å². The van der Waals surface area contributed by atoms with Crippen molar-refractivity contribution in [3.05, 3.63) is 137 Å². The molecule has 0 N–H and O–H groups in total. The molecular weight excluding hydrogens is 678 g/mol. The topological polar surface area (TPSA) is 9.23 Å². The first-order chi connectivity index (χ1) is 24.2. The predicted octanol–water partition coefficient (Wildman–Crippen LogP) is 9.98. The third-order valence-electron chi connectivity index (χ3n) is 9.57. The second-order valence-electron chi connectivity index (χ2n) is 13.5. The number of ether oxygens (including phenoxy) is 1. The van der Waals surface area contributed by atoms with E-state index in [2.05, 4.69) is 0 Å². The highest BCUT2D eigenvalue weighted by atomic mass is 19.2. The van der Waals surface area contributed by atoms with Crippen molar-refractivity contribution in [2.75, 3.05) is 0 Å². The van der Waals surface area contributed by atoms with E-state index in [0.29, 0.717) is 38.4 Å². The standard InChI is InChI=1S/C40H22BF9O/c1-40(2,3)28-31(42)33(44)29(34(45)32(28)43)41(30-35(46)37(48)39(50)38(49)36(30)47)24-16-22-20-12-8-14-26-27(20)23(19-11-6-7-13-25(19)51-26)15-21(22)17-9-4-5-10-18(17)24/h4-16H,1-3H3. The lowest BCUT2D eigenvalue weighted by atomic mass is 9.35. The highest BCUT2D eigenvalue weighted by Crippen LogP contribution is 2.49. The van der Waals surface area contributed by atoms with E-state index in [1.165, 1.54) is 39.0 Å². The number of hydrogen-bond acceptors (Lipinski definition) is 1. The summed E-state index contributed by atoms with van der Waals surface area (Å²) in [6.07, 6.45) is 0. The summed E-state index contributed by atoms with van der Waals surface area (Å²) >= 11 is 0. The first kappa shape index (κ1) is 32.7. The smallest absolute Gasteiger partial charge is 0.257 e. The molecule has 0 aromatic heterocycles. The number of halogens is 9. The Bertz CT molecular complexity index is 2610. The Labute approximate surface area is 285 Å². The van der Waals surface area contributed by atoms with E-state index >= 15 is 26.3 Å². The predicted molar refractivity (Wildman–Crippen MR) is 180 cm³/mol. The fourth-order valence-corrected chi connectivity index (χ4v) is 7.38. The van der Waals surface area contributed by atoms with Crippen molar-refractivity contribution in [3.63, 3.8) is 0 Å². The van der Waals surface area contributed by atoms with Gasteiger partial charge in [0.25, 0.3) is 6.71 Å². The summed E-state index contributed by atoms with van der Waals surface area (Å²) in [4.78, 5) is 0. The Kier molecular flexibility index (Phi) is 7.24. The van der Waals surface area contributed by atoms with E-state index in [1.807, 2.05) is 24.3 Å². The molecule has 7 aromatic carbocycles. The second kappa shape index (κ2) is 11.3. The van der Waals surface area contributed by atoms with Crippen LogP contribution in [0.25, 0.3) is 43.4 Å². The van der Waals surface area contributed by atoms with E-state index in [0.717, 1.165) is 11.1 Å². The number of rotatable bonds is 3. The molecule has 0 radical (unpaired) electrons. The van der Waals surface area contributed by atoms with E-state index in [4.69, 9.17) is 4.74 Å². The van der Waals surface area contributed by atoms with Gasteiger partial charge in [0.05, 0.1) is 0 Å². The van der Waals surface area contributed by atoms with Crippen LogP contribution in [0.15, 0.2) is 78.9 Å². The zero-order chi connectivity index (χ0) is 36.3. The average molecular weight is 700 g/mol. The van der Waals surface area contributed by atoms with Crippen LogP contribution in [0.1, 0.15) is 26.3 Å². The molecule has 0 atom stereocenters. The summed E-state index contributed by atoms with van der Waals surface area (Å²) in [5.74, 6) is -18.9. The molecule has 1 aliphatic rings. The van der Waals surface area contributed by atoms with Crippen molar-refractivity contribution in [1.82, 2.24) is 0 Å². The second-order valence-corrected chi connectivity index (χ2v) is 13.5. The van der Waals surface area contributed by atoms with Gasteiger partial charge in [0.15, 0.2) is 52.4 Å². The fourth-order valence-electron chi connectivity index (χ4n) is 7.38. The number of para-hydroxylation sites is 1. The molecule has 0 amide bonds. The van der Waals surface area contributed by atoms with Crippen molar-refractivity contribution in [1.29, 1.82) is 0 Å². The van der Waals surface area contributed by atoms with Crippen molar-refractivity contribution in [3.8, 4) is 22.6 Å². The maximum atomic E-state index is 16.4. The van der Waals surface area contributed by atoms with Gasteiger partial charge in [-0.2, -0.15) is 0 Å². The maximum Gasteiger partial charge on any atom is 0.257 e. The third kappa shape index (κ3) is 4.59. The molecule has 51 heavy (non-hydrogen) atoms. The van der Waals surface area contributed by atoms with Gasteiger partial charge in [0.1, 0.15) is 11.5 Å². The minimum absolute atomic E-state index is 0.0708. The Morgan fingerprint density at radius 1 is 0.451 bits per heavy atom. The van der Waals surface area contributed by atoms with E-state index in [9.17, 15) is 13.2 Å². The van der Waals surface area contributed by atoms with Crippen LogP contribution in [0.2, 0.25) is 0 Å². The van der Waals surface area contributed by atoms with Crippen molar-refractivity contribution in [2.24, 2.45) is 0 Å². The summed E-state index contributed by atoms with van der Waals surface area (Å²) in [6, 6.07) is 21.7. The quantitative estimate of drug-likeness (QED) is 0.0587. The molecular formula is C40H22BF9O. The summed E-state index contributed by atoms with van der Waals surface area (Å²) in [6.45, 7) is 1.28. The number of fused-ring (bicyclic) bond motifs is 6. The van der Waals surface area contributed by atoms with E-state index < -0.39 is 81.0 Å². The van der Waals surface area contributed by atoms with E-state index in [-0.39, 0.29) is 10.8 Å². The van der Waals surface area contributed by atoms with Crippen LogP contribution < -0.4 is 21.1 Å². The molecule has 7 aromatic rings. The van der Waals surface area contributed by atoms with Crippen molar-refractivity contribution in [2.45, 2.75) is 26.2 Å². The van der Waals surface area contributed by atoms with E-state index in [1.54, 1.807) is 36.4 Å². The van der Waals surface area contributed by atoms with Crippen LogP contribution in [-0.4, -0.2) is 6.71 Å². The summed E-state index contributed by atoms with van der Waals surface area (Å²) in [5, 5.41) is 2.46. The van der Waals surface area contributed by atoms with Crippen LogP contribution >= 0.6 is 0 Å². The summed E-state index contributed by atoms with van der Waals surface area (Å²) in [5.41, 5.74) is -4.60. The Morgan fingerprint density at radius 2 is 0.941 bits per heavy atom. The Morgan fingerprint density at radius 3 is 1.57 bits per heavy atom. The maximum absolute atomic E-state index is 16.4. The summed E-state index contributed by atoms with van der Waals surface area (Å²) in [7, 11) is 0. The lowest BCUT2D eigenvalue weighted by molar-refractivity contribution is 0.384. The number of benzene rings is 7. The highest BCUT2D eigenvalue weighted by Gasteiger charge is 2.42. The minimum Gasteiger partial charge on any atom is -0.456 e. The van der Waals surface area contributed by atoms with Gasteiger partial charge in [-0.25, -0.2) is 39.5 Å². The van der Waals surface area contributed by atoms with Gasteiger partial charge in [0, 0.05) is 27.4 Å². The Hall–Kier alpha value is -5.45. The normalized spacial score (nSPS) is 12.5. The monoisotopic (exact) mass is 700 g/mol. The SMILES string of the molecule is CC(C)(C)c1c(F)c(F)c(B(c2c(F)c(F)c(F)c(F)c2F)c2cc3c4cccc5c4c(cc3c3ccccc23)-c2ccccc2O5)c(F)c1F. The molecule has 1 aliphatic heterocycles. The molecule has 0 saturated heterocycles. The number of hydrogen-bond donors (Lipinski definition) is 0. The van der Waals surface area contributed by atoms with Gasteiger partial charge in [-0.15, -0.1) is 0 Å². The first-order valence-electron chi connectivity index (χ1n) is 15.8.